The van der Waals surface area contributed by atoms with Crippen LogP contribution in [0.5, 0.6) is 11.5 Å². The van der Waals surface area contributed by atoms with Gasteiger partial charge in [0.1, 0.15) is 24.2 Å². The van der Waals surface area contributed by atoms with Crippen LogP contribution in [-0.4, -0.2) is 40.9 Å². The van der Waals surface area contributed by atoms with Gasteiger partial charge >= 0.3 is 0 Å². The van der Waals surface area contributed by atoms with Crippen molar-refractivity contribution in [3.63, 3.8) is 0 Å². The van der Waals surface area contributed by atoms with Gasteiger partial charge < -0.3 is 25.6 Å². The third-order valence-corrected chi connectivity index (χ3v) is 3.15. The van der Waals surface area contributed by atoms with E-state index in [2.05, 4.69) is 10.6 Å². The Hall–Kier alpha value is -1.50. The van der Waals surface area contributed by atoms with Gasteiger partial charge in [0.15, 0.2) is 0 Å². The van der Waals surface area contributed by atoms with Gasteiger partial charge in [-0.3, -0.25) is 4.79 Å². The molecule has 1 heterocycles. The lowest BCUT2D eigenvalue weighted by Crippen LogP contribution is -2.42. The molecule has 1 aromatic carbocycles. The lowest BCUT2D eigenvalue weighted by Gasteiger charge is -2.24. The highest BCUT2D eigenvalue weighted by Crippen LogP contribution is 2.38. The van der Waals surface area contributed by atoms with Crippen LogP contribution in [0.25, 0.3) is 0 Å². The average Bonchev–Trinajstić information content (AvgIpc) is 2.58. The van der Waals surface area contributed by atoms with Crippen LogP contribution in [0.2, 0.25) is 0 Å². The van der Waals surface area contributed by atoms with Crippen molar-refractivity contribution in [3.8, 4) is 11.5 Å². The number of halogens is 1. The summed E-state index contributed by atoms with van der Waals surface area (Å²) in [5.41, 5.74) is -2.56. The Morgan fingerprint density at radius 1 is 1.43 bits per heavy atom. The maximum Gasteiger partial charge on any atom is 0.224 e. The van der Waals surface area contributed by atoms with Crippen LogP contribution in [0.15, 0.2) is 12.1 Å². The van der Waals surface area contributed by atoms with Gasteiger partial charge in [0.2, 0.25) is 5.91 Å². The number of β-amino-alcohol motifs (C(OH)–C–C–N with tert-alkyl or cyclic N) is 1. The zero-order valence-corrected chi connectivity index (χ0v) is 13.0. The fourth-order valence-corrected chi connectivity index (χ4v) is 2.10. The highest BCUT2D eigenvalue weighted by atomic mass is 35.5. The lowest BCUT2D eigenvalue weighted by atomic mass is 10.0. The first-order valence-corrected chi connectivity index (χ1v) is 6.72. The van der Waals surface area contributed by atoms with Crippen LogP contribution in [0.3, 0.4) is 0 Å². The number of aliphatic hydroxyl groups is 1. The molecule has 130 valence electrons. The number of carbonyl (C=O) groups excluding carboxylic acids is 1. The Balaban J connectivity index is 0.00000512. The molecule has 1 amide bonds. The van der Waals surface area contributed by atoms with Gasteiger partial charge in [0.25, 0.3) is 0 Å². The molecule has 0 radical (unpaired) electrons. The summed E-state index contributed by atoms with van der Waals surface area (Å²) >= 11 is 0. The smallest absolute Gasteiger partial charge is 0.224 e. The van der Waals surface area contributed by atoms with E-state index in [1.54, 1.807) is 0 Å². The first kappa shape index (κ1) is 9.71. The molecule has 7 heteroatoms. The number of nitrogens with one attached hydrogen (secondary N) is 2. The SMILES string of the molecule is Cl.[2H]C([2H])([2H])C(NCC(O)COc1ccc(O)c2c1CCC(=O)N2)(C([2H])([2H])[2H])C([2H])([2H])[2H]. The van der Waals surface area contributed by atoms with Crippen LogP contribution >= 0.6 is 12.4 Å². The summed E-state index contributed by atoms with van der Waals surface area (Å²) in [6.45, 7) is -11.4. The number of aromatic hydroxyl groups is 1. The molecule has 4 N–H and O–H groups in total. The Morgan fingerprint density at radius 2 is 2.17 bits per heavy atom. The summed E-state index contributed by atoms with van der Waals surface area (Å²) in [6.07, 6.45) is -1.02. The second-order valence-corrected chi connectivity index (χ2v) is 5.08. The third kappa shape index (κ3) is 5.57. The predicted octanol–water partition coefficient (Wildman–Crippen LogP) is 1.83. The number of ether oxygens (including phenoxy) is 1. The van der Waals surface area contributed by atoms with Gasteiger partial charge in [-0.25, -0.2) is 0 Å². The molecule has 23 heavy (non-hydrogen) atoms. The fourth-order valence-electron chi connectivity index (χ4n) is 2.10. The van der Waals surface area contributed by atoms with Crippen LogP contribution in [0.1, 0.15) is 44.9 Å². The van der Waals surface area contributed by atoms with Crippen LogP contribution in [0, 0.1) is 0 Å². The molecule has 0 saturated carbocycles. The van der Waals surface area contributed by atoms with Crippen molar-refractivity contribution in [2.45, 2.75) is 45.0 Å². The number of phenolic OH excluding ortho intramolecular Hbond substituents is 1. The van der Waals surface area contributed by atoms with Gasteiger partial charge in [0.05, 0.1) is 5.69 Å². The van der Waals surface area contributed by atoms with E-state index in [-0.39, 0.29) is 48.3 Å². The number of fused-ring (bicyclic) bond motifs is 1. The summed E-state index contributed by atoms with van der Waals surface area (Å²) in [4.78, 5) is 11.5. The minimum absolute atomic E-state index is 0. The summed E-state index contributed by atoms with van der Waals surface area (Å²) in [7, 11) is 0. The van der Waals surface area contributed by atoms with Gasteiger partial charge in [-0.15, -0.1) is 12.4 Å². The summed E-state index contributed by atoms with van der Waals surface area (Å²) in [5, 5.41) is 24.7. The van der Waals surface area contributed by atoms with E-state index in [1.807, 2.05) is 0 Å². The fraction of sp³-hybridized carbons (Fsp3) is 0.562. The highest BCUT2D eigenvalue weighted by molar-refractivity contribution is 5.96. The molecule has 1 aliphatic heterocycles. The number of anilines is 1. The van der Waals surface area contributed by atoms with E-state index in [1.165, 1.54) is 12.1 Å². The number of phenols is 1. The number of hydrogen-bond acceptors (Lipinski definition) is 5. The standard InChI is InChI=1S/C16H24N2O4.ClH/c1-16(2,3)17-8-10(19)9-22-13-6-5-12(20)15-11(13)4-7-14(21)18-15;/h5-6,10,17,19-20H,4,7-9H2,1-3H3,(H,18,21);1H/i1D3,2D3,3D3;. The molecule has 0 fully saturated rings. The maximum absolute atomic E-state index is 11.5. The highest BCUT2D eigenvalue weighted by Gasteiger charge is 2.22. The summed E-state index contributed by atoms with van der Waals surface area (Å²) in [5.74, 6) is -0.185. The van der Waals surface area contributed by atoms with E-state index in [9.17, 15) is 15.0 Å². The Kier molecular flexibility index (Phi) is 3.32. The third-order valence-electron chi connectivity index (χ3n) is 3.15. The second-order valence-electron chi connectivity index (χ2n) is 5.08. The number of hydrogen-bond donors (Lipinski definition) is 4. The molecular formula is C16H25ClN2O4. The van der Waals surface area contributed by atoms with Gasteiger partial charge in [0, 0.05) is 36.4 Å². The van der Waals surface area contributed by atoms with E-state index in [0.29, 0.717) is 5.56 Å². The molecule has 0 bridgehead atoms. The van der Waals surface area contributed by atoms with Crippen molar-refractivity contribution in [2.75, 3.05) is 18.5 Å². The molecule has 0 aliphatic carbocycles. The first-order chi connectivity index (χ1) is 14.0. The minimum Gasteiger partial charge on any atom is -0.506 e. The van der Waals surface area contributed by atoms with E-state index in [4.69, 9.17) is 17.1 Å². The minimum atomic E-state index is -3.43. The zero-order valence-electron chi connectivity index (χ0n) is 21.2. The average molecular weight is 354 g/mol. The van der Waals surface area contributed by atoms with Crippen molar-refractivity contribution in [1.29, 1.82) is 0 Å². The molecule has 1 aliphatic rings. The summed E-state index contributed by atoms with van der Waals surface area (Å²) in [6, 6.07) is 2.71. The Labute approximate surface area is 155 Å². The van der Waals surface area contributed by atoms with Gasteiger partial charge in [-0.1, -0.05) is 0 Å². The van der Waals surface area contributed by atoms with E-state index in [0.717, 1.165) is 0 Å². The van der Waals surface area contributed by atoms with Crippen LogP contribution in [-0.2, 0) is 11.2 Å². The quantitative estimate of drug-likeness (QED) is 0.606. The molecule has 6 nitrogen and oxygen atoms in total. The number of rotatable bonds is 5. The van der Waals surface area contributed by atoms with Crippen molar-refractivity contribution < 1.29 is 32.1 Å². The molecule has 1 aromatic rings. The topological polar surface area (TPSA) is 90.8 Å². The summed E-state index contributed by atoms with van der Waals surface area (Å²) < 4.78 is 73.5. The zero-order chi connectivity index (χ0) is 23.8. The van der Waals surface area contributed by atoms with Gasteiger partial charge in [-0.2, -0.15) is 0 Å². The molecular weight excluding hydrogens is 320 g/mol. The number of benzene rings is 1. The van der Waals surface area contributed by atoms with Crippen molar-refractivity contribution >= 4 is 24.0 Å². The van der Waals surface area contributed by atoms with Crippen LogP contribution in [0.4, 0.5) is 5.69 Å². The number of aliphatic hydroxyl groups excluding tert-OH is 1. The first-order valence-electron chi connectivity index (χ1n) is 11.2. The molecule has 2 rings (SSSR count). The lowest BCUT2D eigenvalue weighted by molar-refractivity contribution is -0.116. The number of amides is 1. The monoisotopic (exact) mass is 353 g/mol. The molecule has 0 aromatic heterocycles. The normalized spacial score (nSPS) is 22.7. The van der Waals surface area contributed by atoms with Crippen LogP contribution < -0.4 is 15.4 Å². The van der Waals surface area contributed by atoms with E-state index >= 15 is 0 Å². The van der Waals surface area contributed by atoms with Crippen molar-refractivity contribution in [3.05, 3.63) is 17.7 Å². The maximum atomic E-state index is 11.5. The largest absolute Gasteiger partial charge is 0.506 e. The predicted molar refractivity (Wildman–Crippen MR) is 91.6 cm³/mol. The number of carbonyl (C=O) groups is 1. The van der Waals surface area contributed by atoms with Gasteiger partial charge in [-0.05, 0) is 39.1 Å². The molecule has 0 spiro atoms. The van der Waals surface area contributed by atoms with Crippen molar-refractivity contribution in [1.82, 2.24) is 5.32 Å². The molecule has 1 unspecified atom stereocenters. The van der Waals surface area contributed by atoms with E-state index < -0.39 is 45.4 Å². The molecule has 1 atom stereocenters. The Morgan fingerprint density at radius 3 is 2.87 bits per heavy atom. The van der Waals surface area contributed by atoms with Crippen molar-refractivity contribution in [2.24, 2.45) is 0 Å². The Bertz CT molecular complexity index is 791. The second kappa shape index (κ2) is 7.86. The molecule has 0 saturated heterocycles.